The standard InChI is InChI=1S/C15H18FNO3/c16-15-7-6-14(17(19)20)9-12(15)8-13(10-18)11-4-2-1-3-5-11/h6-9,11,18H,1-5,10H2/b13-8-. The third-order valence-corrected chi connectivity index (χ3v) is 3.84. The third kappa shape index (κ3) is 3.42. The van der Waals surface area contributed by atoms with E-state index in [-0.39, 0.29) is 23.8 Å². The summed E-state index contributed by atoms with van der Waals surface area (Å²) in [5, 5.41) is 20.2. The zero-order valence-corrected chi connectivity index (χ0v) is 11.2. The van der Waals surface area contributed by atoms with Crippen molar-refractivity contribution in [2.45, 2.75) is 32.1 Å². The molecular weight excluding hydrogens is 261 g/mol. The first kappa shape index (κ1) is 14.7. The van der Waals surface area contributed by atoms with Gasteiger partial charge in [0.2, 0.25) is 0 Å². The summed E-state index contributed by atoms with van der Waals surface area (Å²) in [6.45, 7) is -0.132. The molecule has 1 aromatic carbocycles. The first-order chi connectivity index (χ1) is 9.61. The second-order valence-electron chi connectivity index (χ2n) is 5.18. The summed E-state index contributed by atoms with van der Waals surface area (Å²) in [6.07, 6.45) is 6.96. The van der Waals surface area contributed by atoms with Crippen LogP contribution < -0.4 is 0 Å². The van der Waals surface area contributed by atoms with Crippen LogP contribution in [0.3, 0.4) is 0 Å². The average Bonchev–Trinajstić information content (AvgIpc) is 2.47. The number of benzene rings is 1. The van der Waals surface area contributed by atoms with Gasteiger partial charge in [0, 0.05) is 17.7 Å². The van der Waals surface area contributed by atoms with E-state index in [1.807, 2.05) is 0 Å². The normalized spacial score (nSPS) is 17.2. The van der Waals surface area contributed by atoms with E-state index in [0.29, 0.717) is 0 Å². The van der Waals surface area contributed by atoms with Crippen LogP contribution in [0.4, 0.5) is 10.1 Å². The van der Waals surface area contributed by atoms with E-state index in [1.165, 1.54) is 12.5 Å². The van der Waals surface area contributed by atoms with Crippen LogP contribution in [0, 0.1) is 21.8 Å². The quantitative estimate of drug-likeness (QED) is 0.675. The molecule has 0 amide bonds. The van der Waals surface area contributed by atoms with Crippen molar-refractivity contribution >= 4 is 11.8 Å². The largest absolute Gasteiger partial charge is 0.392 e. The van der Waals surface area contributed by atoms with Gasteiger partial charge in [-0.05, 0) is 30.4 Å². The van der Waals surface area contributed by atoms with Crippen LogP contribution in [0.1, 0.15) is 37.7 Å². The van der Waals surface area contributed by atoms with Gasteiger partial charge in [0.1, 0.15) is 5.82 Å². The highest BCUT2D eigenvalue weighted by Gasteiger charge is 2.18. The zero-order valence-electron chi connectivity index (χ0n) is 11.2. The lowest BCUT2D eigenvalue weighted by atomic mass is 9.83. The minimum atomic E-state index is -0.546. The first-order valence-corrected chi connectivity index (χ1v) is 6.87. The first-order valence-electron chi connectivity index (χ1n) is 6.87. The smallest absolute Gasteiger partial charge is 0.270 e. The molecule has 1 fully saturated rings. The molecule has 5 heteroatoms. The number of hydrogen-bond acceptors (Lipinski definition) is 3. The summed E-state index contributed by atoms with van der Waals surface area (Å²) in [4.78, 5) is 10.2. The van der Waals surface area contributed by atoms with Crippen molar-refractivity contribution in [3.8, 4) is 0 Å². The predicted octanol–water partition coefficient (Wildman–Crippen LogP) is 3.69. The van der Waals surface area contributed by atoms with E-state index < -0.39 is 10.7 Å². The van der Waals surface area contributed by atoms with Gasteiger partial charge in [0.25, 0.3) is 5.69 Å². The number of rotatable bonds is 4. The van der Waals surface area contributed by atoms with E-state index in [2.05, 4.69) is 0 Å². The van der Waals surface area contributed by atoms with Crippen LogP contribution in [0.25, 0.3) is 6.08 Å². The Morgan fingerprint density at radius 3 is 2.70 bits per heavy atom. The molecule has 108 valence electrons. The molecule has 0 aliphatic heterocycles. The number of halogens is 1. The Kier molecular flexibility index (Phi) is 4.84. The van der Waals surface area contributed by atoms with E-state index in [1.54, 1.807) is 6.08 Å². The van der Waals surface area contributed by atoms with Gasteiger partial charge in [-0.2, -0.15) is 0 Å². The number of hydrogen-bond donors (Lipinski definition) is 1. The molecule has 1 aromatic rings. The van der Waals surface area contributed by atoms with E-state index in [4.69, 9.17) is 0 Å². The summed E-state index contributed by atoms with van der Waals surface area (Å²) in [7, 11) is 0. The van der Waals surface area contributed by atoms with Gasteiger partial charge in [-0.3, -0.25) is 10.1 Å². The molecule has 1 aliphatic rings. The molecule has 2 rings (SSSR count). The summed E-state index contributed by atoms with van der Waals surface area (Å²) in [5.74, 6) is -0.246. The van der Waals surface area contributed by atoms with Gasteiger partial charge in [0.05, 0.1) is 11.5 Å². The number of aliphatic hydroxyl groups is 1. The van der Waals surface area contributed by atoms with Crippen LogP contribution in [0.15, 0.2) is 23.8 Å². The fourth-order valence-corrected chi connectivity index (χ4v) is 2.72. The molecule has 0 unspecified atom stereocenters. The molecule has 1 N–H and O–H groups in total. The van der Waals surface area contributed by atoms with Crippen molar-refractivity contribution < 1.29 is 14.4 Å². The highest BCUT2D eigenvalue weighted by molar-refractivity contribution is 5.57. The van der Waals surface area contributed by atoms with Crippen molar-refractivity contribution in [1.29, 1.82) is 0 Å². The SMILES string of the molecule is O=[N+]([O-])c1ccc(F)c(/C=C(/CO)C2CCCCC2)c1. The van der Waals surface area contributed by atoms with E-state index >= 15 is 0 Å². The van der Waals surface area contributed by atoms with Gasteiger partial charge in [-0.15, -0.1) is 0 Å². The Morgan fingerprint density at radius 2 is 2.10 bits per heavy atom. The average molecular weight is 279 g/mol. The lowest BCUT2D eigenvalue weighted by Gasteiger charge is -2.23. The summed E-state index contributed by atoms with van der Waals surface area (Å²) in [5.41, 5.74) is 0.802. The minimum Gasteiger partial charge on any atom is -0.392 e. The number of aliphatic hydroxyl groups excluding tert-OH is 1. The molecule has 0 bridgehead atoms. The van der Waals surface area contributed by atoms with Crippen LogP contribution in [0.2, 0.25) is 0 Å². The number of nitro groups is 1. The van der Waals surface area contributed by atoms with Crippen LogP contribution >= 0.6 is 0 Å². The second-order valence-corrected chi connectivity index (χ2v) is 5.18. The van der Waals surface area contributed by atoms with E-state index in [9.17, 15) is 19.6 Å². The lowest BCUT2D eigenvalue weighted by molar-refractivity contribution is -0.384. The van der Waals surface area contributed by atoms with E-state index in [0.717, 1.165) is 43.4 Å². The lowest BCUT2D eigenvalue weighted by Crippen LogP contribution is -2.11. The van der Waals surface area contributed by atoms with Gasteiger partial charge in [-0.1, -0.05) is 25.3 Å². The van der Waals surface area contributed by atoms with Gasteiger partial charge in [-0.25, -0.2) is 4.39 Å². The number of nitrogens with zero attached hydrogens (tertiary/aromatic N) is 1. The van der Waals surface area contributed by atoms with Crippen LogP contribution in [-0.2, 0) is 0 Å². The van der Waals surface area contributed by atoms with Gasteiger partial charge >= 0.3 is 0 Å². The maximum atomic E-state index is 13.7. The Bertz CT molecular complexity index is 522. The number of nitro benzene ring substituents is 1. The monoisotopic (exact) mass is 279 g/mol. The van der Waals surface area contributed by atoms with Gasteiger partial charge < -0.3 is 5.11 Å². The Morgan fingerprint density at radius 1 is 1.40 bits per heavy atom. The molecule has 20 heavy (non-hydrogen) atoms. The van der Waals surface area contributed by atoms with Crippen molar-refractivity contribution in [3.63, 3.8) is 0 Å². The Balaban J connectivity index is 2.30. The fourth-order valence-electron chi connectivity index (χ4n) is 2.72. The Labute approximate surface area is 117 Å². The molecular formula is C15H18FNO3. The van der Waals surface area contributed by atoms with Crippen LogP contribution in [-0.4, -0.2) is 16.6 Å². The molecule has 0 spiro atoms. The maximum Gasteiger partial charge on any atom is 0.270 e. The molecule has 0 atom stereocenters. The third-order valence-electron chi connectivity index (χ3n) is 3.84. The topological polar surface area (TPSA) is 63.4 Å². The molecule has 1 aliphatic carbocycles. The van der Waals surface area contributed by atoms with Crippen molar-refractivity contribution in [2.24, 2.45) is 5.92 Å². The molecule has 4 nitrogen and oxygen atoms in total. The molecule has 0 heterocycles. The molecule has 0 saturated heterocycles. The molecule has 0 radical (unpaired) electrons. The predicted molar refractivity (Wildman–Crippen MR) is 74.7 cm³/mol. The van der Waals surface area contributed by atoms with Gasteiger partial charge in [0.15, 0.2) is 0 Å². The molecule has 1 saturated carbocycles. The number of non-ortho nitro benzene ring substituents is 1. The summed E-state index contributed by atoms with van der Waals surface area (Å²) >= 11 is 0. The second kappa shape index (κ2) is 6.61. The highest BCUT2D eigenvalue weighted by Crippen LogP contribution is 2.31. The maximum absolute atomic E-state index is 13.7. The highest BCUT2D eigenvalue weighted by atomic mass is 19.1. The Hall–Kier alpha value is -1.75. The zero-order chi connectivity index (χ0) is 14.5. The van der Waals surface area contributed by atoms with Crippen molar-refractivity contribution in [1.82, 2.24) is 0 Å². The minimum absolute atomic E-state index is 0.132. The van der Waals surface area contributed by atoms with Crippen molar-refractivity contribution in [2.75, 3.05) is 6.61 Å². The van der Waals surface area contributed by atoms with Crippen LogP contribution in [0.5, 0.6) is 0 Å². The molecule has 0 aromatic heterocycles. The summed E-state index contributed by atoms with van der Waals surface area (Å²) < 4.78 is 13.7. The summed E-state index contributed by atoms with van der Waals surface area (Å²) in [6, 6.07) is 3.46. The van der Waals surface area contributed by atoms with Crippen molar-refractivity contribution in [3.05, 3.63) is 45.3 Å². The fraction of sp³-hybridized carbons (Fsp3) is 0.467.